The lowest BCUT2D eigenvalue weighted by Crippen LogP contribution is -1.51. The van der Waals surface area contributed by atoms with Crippen LogP contribution in [0.3, 0.4) is 0 Å². The third kappa shape index (κ3) is 0.694. The average molecular weight is 113 g/mol. The molecule has 0 aliphatic carbocycles. The quantitative estimate of drug-likeness (QED) is 0.472. The van der Waals surface area contributed by atoms with E-state index in [9.17, 15) is 0 Å². The van der Waals surface area contributed by atoms with Gasteiger partial charge in [-0.2, -0.15) is 0 Å². The highest BCUT2D eigenvalue weighted by atomic mass is 32.1. The summed E-state index contributed by atoms with van der Waals surface area (Å²) in [6.07, 6.45) is 1.38. The summed E-state index contributed by atoms with van der Waals surface area (Å²) in [5.41, 5.74) is 0. The van der Waals surface area contributed by atoms with E-state index in [1.54, 1.807) is 0 Å². The molecule has 0 atom stereocenters. The molecule has 34 valence electrons. The summed E-state index contributed by atoms with van der Waals surface area (Å²) in [7, 11) is 0. The number of hydrogen-bond acceptors (Lipinski definition) is 4. The first-order valence-corrected chi connectivity index (χ1v) is 2.33. The fraction of sp³-hybridized carbons (Fsp3) is 0. The van der Waals surface area contributed by atoms with Gasteiger partial charge in [0.05, 0.1) is 11.5 Å². The minimum Gasteiger partial charge on any atom is -0.138 e. The molecule has 0 bridgehead atoms. The molecular weight excluding hydrogens is 112 g/mol. The zero-order valence-corrected chi connectivity index (χ0v) is 4.09. The molecule has 0 saturated carbocycles. The molecule has 4 nitrogen and oxygen atoms in total. The van der Waals surface area contributed by atoms with Crippen molar-refractivity contribution in [3.63, 3.8) is 0 Å². The normalized spacial score (nSPS) is 7.86. The number of aromatic nitrogens is 2. The Morgan fingerprint density at radius 2 is 2.71 bits per heavy atom. The minimum atomic E-state index is 0.431. The highest BCUT2D eigenvalue weighted by Crippen LogP contribution is 2.11. The van der Waals surface area contributed by atoms with Gasteiger partial charge in [0, 0.05) is 0 Å². The molecule has 1 heterocycles. The summed E-state index contributed by atoms with van der Waals surface area (Å²) in [6.45, 7) is 0. The predicted molar refractivity (Wildman–Crippen MR) is 24.7 cm³/mol. The SMILES string of the molecule is N#[N+]c1cnns1. The Labute approximate surface area is 43.6 Å². The van der Waals surface area contributed by atoms with Gasteiger partial charge < -0.3 is 0 Å². The number of rotatable bonds is 0. The molecule has 5 heteroatoms. The first-order chi connectivity index (χ1) is 3.43. The maximum Gasteiger partial charge on any atom is 0.479 e. The predicted octanol–water partition coefficient (Wildman–Crippen LogP) is 1.02. The van der Waals surface area contributed by atoms with Crippen LogP contribution in [0.4, 0.5) is 5.00 Å². The van der Waals surface area contributed by atoms with Crippen molar-refractivity contribution < 1.29 is 0 Å². The van der Waals surface area contributed by atoms with E-state index in [1.165, 1.54) is 6.20 Å². The molecule has 1 rings (SSSR count). The summed E-state index contributed by atoms with van der Waals surface area (Å²) in [6, 6.07) is 0. The minimum absolute atomic E-state index is 0.431. The van der Waals surface area contributed by atoms with E-state index in [-0.39, 0.29) is 0 Å². The molecule has 0 fully saturated rings. The van der Waals surface area contributed by atoms with Crippen molar-refractivity contribution in [1.82, 2.24) is 9.59 Å². The van der Waals surface area contributed by atoms with Gasteiger partial charge in [-0.3, -0.25) is 0 Å². The fourth-order valence-corrected chi connectivity index (χ4v) is 0.515. The van der Waals surface area contributed by atoms with Crippen LogP contribution in [0.15, 0.2) is 6.20 Å². The summed E-state index contributed by atoms with van der Waals surface area (Å²) >= 11 is 1.05. The van der Waals surface area contributed by atoms with Gasteiger partial charge in [0.1, 0.15) is 0 Å². The lowest BCUT2D eigenvalue weighted by molar-refractivity contribution is 1.16. The molecule has 7 heavy (non-hydrogen) atoms. The third-order valence-corrected chi connectivity index (χ3v) is 0.998. The van der Waals surface area contributed by atoms with E-state index in [1.807, 2.05) is 0 Å². The van der Waals surface area contributed by atoms with E-state index in [4.69, 9.17) is 5.39 Å². The van der Waals surface area contributed by atoms with E-state index in [2.05, 4.69) is 14.6 Å². The average Bonchev–Trinajstić information content (AvgIpc) is 2.14. The molecule has 0 radical (unpaired) electrons. The Balaban J connectivity index is 3.04. The third-order valence-electron chi connectivity index (χ3n) is 0.448. The van der Waals surface area contributed by atoms with Gasteiger partial charge in [0.2, 0.25) is 5.39 Å². The van der Waals surface area contributed by atoms with Gasteiger partial charge >= 0.3 is 5.00 Å². The molecule has 1 aromatic rings. The lowest BCUT2D eigenvalue weighted by Gasteiger charge is -1.39. The van der Waals surface area contributed by atoms with Gasteiger partial charge in [-0.05, 0) is 0 Å². The standard InChI is InChI=1S/C2HN4S/c3-5-2-1-4-6-7-2/h1H/q+1. The maximum absolute atomic E-state index is 7.98. The molecule has 0 saturated heterocycles. The highest BCUT2D eigenvalue weighted by Gasteiger charge is 2.03. The van der Waals surface area contributed by atoms with Crippen molar-refractivity contribution in [1.29, 1.82) is 5.39 Å². The summed E-state index contributed by atoms with van der Waals surface area (Å²) in [5, 5.41) is 11.8. The maximum atomic E-state index is 7.98. The Bertz CT molecular complexity index is 172. The Hall–Kier alpha value is -1.02. The van der Waals surface area contributed by atoms with E-state index in [0.29, 0.717) is 5.00 Å². The Morgan fingerprint density at radius 3 is 3.00 bits per heavy atom. The summed E-state index contributed by atoms with van der Waals surface area (Å²) < 4.78 is 3.43. The molecule has 0 aliphatic rings. The van der Waals surface area contributed by atoms with Crippen LogP contribution < -0.4 is 0 Å². The van der Waals surface area contributed by atoms with E-state index < -0.39 is 0 Å². The zero-order valence-electron chi connectivity index (χ0n) is 3.27. The topological polar surface area (TPSA) is 53.9 Å². The van der Waals surface area contributed by atoms with Crippen LogP contribution in [0.5, 0.6) is 0 Å². The second kappa shape index (κ2) is 1.62. The van der Waals surface area contributed by atoms with Crippen molar-refractivity contribution >= 4 is 16.5 Å². The fourth-order valence-electron chi connectivity index (χ4n) is 0.206. The smallest absolute Gasteiger partial charge is 0.138 e. The number of nitrogens with zero attached hydrogens (tertiary/aromatic N) is 4. The van der Waals surface area contributed by atoms with E-state index >= 15 is 0 Å². The van der Waals surface area contributed by atoms with Crippen LogP contribution in [0.25, 0.3) is 4.98 Å². The molecule has 0 aromatic carbocycles. The van der Waals surface area contributed by atoms with Crippen molar-refractivity contribution in [2.24, 2.45) is 0 Å². The van der Waals surface area contributed by atoms with Crippen LogP contribution >= 0.6 is 11.5 Å². The molecule has 0 spiro atoms. The van der Waals surface area contributed by atoms with Crippen LogP contribution in [0.1, 0.15) is 0 Å². The van der Waals surface area contributed by atoms with E-state index in [0.717, 1.165) is 11.5 Å². The van der Waals surface area contributed by atoms with Crippen molar-refractivity contribution in [3.8, 4) is 0 Å². The van der Waals surface area contributed by atoms with Crippen molar-refractivity contribution in [2.45, 2.75) is 0 Å². The van der Waals surface area contributed by atoms with Gasteiger partial charge in [-0.25, -0.2) is 0 Å². The van der Waals surface area contributed by atoms with Gasteiger partial charge in [-0.15, -0.1) is 5.10 Å². The largest absolute Gasteiger partial charge is 0.479 e. The second-order valence-corrected chi connectivity index (χ2v) is 1.62. The van der Waals surface area contributed by atoms with Crippen LogP contribution in [0.2, 0.25) is 0 Å². The van der Waals surface area contributed by atoms with Crippen LogP contribution in [0, 0.1) is 5.39 Å². The van der Waals surface area contributed by atoms with Crippen LogP contribution in [-0.4, -0.2) is 9.59 Å². The molecule has 0 N–H and O–H groups in total. The molecule has 0 unspecified atom stereocenters. The second-order valence-electron chi connectivity index (χ2n) is 0.856. The molecule has 1 aromatic heterocycles. The van der Waals surface area contributed by atoms with Gasteiger partial charge in [0.25, 0.3) is 0 Å². The monoisotopic (exact) mass is 113 g/mol. The highest BCUT2D eigenvalue weighted by molar-refractivity contribution is 7.09. The summed E-state index contributed by atoms with van der Waals surface area (Å²) in [4.78, 5) is 2.82. The molecule has 0 amide bonds. The van der Waals surface area contributed by atoms with Crippen LogP contribution in [-0.2, 0) is 0 Å². The first kappa shape index (κ1) is 4.15. The van der Waals surface area contributed by atoms with Crippen molar-refractivity contribution in [3.05, 3.63) is 11.2 Å². The first-order valence-electron chi connectivity index (χ1n) is 1.56. The zero-order chi connectivity index (χ0) is 5.11. The Kier molecular flexibility index (Phi) is 0.959. The van der Waals surface area contributed by atoms with Crippen molar-refractivity contribution in [2.75, 3.05) is 0 Å². The summed E-state index contributed by atoms with van der Waals surface area (Å²) in [5.74, 6) is 0. The van der Waals surface area contributed by atoms with Gasteiger partial charge in [-0.1, -0.05) is 4.49 Å². The Morgan fingerprint density at radius 1 is 1.86 bits per heavy atom. The van der Waals surface area contributed by atoms with Gasteiger partial charge in [0.15, 0.2) is 11.2 Å². The number of diazo groups is 1. The number of hydrogen-bond donors (Lipinski definition) is 0. The molecular formula is C2HN4S+. The molecule has 0 aliphatic heterocycles. The lowest BCUT2D eigenvalue weighted by atomic mass is 10.9.